The summed E-state index contributed by atoms with van der Waals surface area (Å²) in [6, 6.07) is 15.6. The minimum Gasteiger partial charge on any atom is -0.494 e. The molecule has 0 aliphatic heterocycles. The van der Waals surface area contributed by atoms with Crippen molar-refractivity contribution in [2.75, 3.05) is 10.9 Å². The predicted octanol–water partition coefficient (Wildman–Crippen LogP) is 3.84. The molecule has 9 heteroatoms. The second-order valence-electron chi connectivity index (χ2n) is 7.53. The summed E-state index contributed by atoms with van der Waals surface area (Å²) >= 11 is 0. The number of anilines is 1. The summed E-state index contributed by atoms with van der Waals surface area (Å²) in [6.45, 7) is 8.10. The Hall–Kier alpha value is -3.46. The highest BCUT2D eigenvalue weighted by Gasteiger charge is 2.27. The van der Waals surface area contributed by atoms with Gasteiger partial charge in [0.25, 0.3) is 15.8 Å². The topological polar surface area (TPSA) is 89.7 Å². The SMILES string of the molecule is CCOc1ccc(N(Cc2nc3nc(C)cc(C)n3n2)S(=O)(=O)c2ccc(C)cc2)cc1. The molecule has 0 fully saturated rings. The molecule has 0 bridgehead atoms. The van der Waals surface area contributed by atoms with Gasteiger partial charge in [-0.05, 0) is 70.2 Å². The number of hydrogen-bond donors (Lipinski definition) is 0. The normalized spacial score (nSPS) is 11.6. The first kappa shape index (κ1) is 21.8. The van der Waals surface area contributed by atoms with Crippen LogP contribution in [-0.4, -0.2) is 34.6 Å². The fraction of sp³-hybridized carbons (Fsp3) is 0.261. The zero-order valence-electron chi connectivity index (χ0n) is 18.5. The molecule has 2 aromatic heterocycles. The van der Waals surface area contributed by atoms with Crippen molar-refractivity contribution in [1.29, 1.82) is 0 Å². The van der Waals surface area contributed by atoms with E-state index in [1.807, 2.05) is 33.8 Å². The van der Waals surface area contributed by atoms with Gasteiger partial charge in [0.05, 0.1) is 23.7 Å². The molecule has 0 saturated carbocycles. The van der Waals surface area contributed by atoms with Crippen LogP contribution in [0.2, 0.25) is 0 Å². The zero-order valence-corrected chi connectivity index (χ0v) is 19.3. The Morgan fingerprint density at radius 2 is 1.66 bits per heavy atom. The highest BCUT2D eigenvalue weighted by molar-refractivity contribution is 7.92. The number of hydrogen-bond acceptors (Lipinski definition) is 6. The van der Waals surface area contributed by atoms with Crippen LogP contribution in [0.5, 0.6) is 5.75 Å². The van der Waals surface area contributed by atoms with E-state index in [9.17, 15) is 8.42 Å². The molecule has 0 atom stereocenters. The number of benzene rings is 2. The molecule has 0 spiro atoms. The largest absolute Gasteiger partial charge is 0.494 e. The maximum Gasteiger partial charge on any atom is 0.264 e. The summed E-state index contributed by atoms with van der Waals surface area (Å²) in [6.07, 6.45) is 0. The van der Waals surface area contributed by atoms with E-state index in [4.69, 9.17) is 4.74 Å². The molecule has 8 nitrogen and oxygen atoms in total. The van der Waals surface area contributed by atoms with Crippen LogP contribution in [0.15, 0.2) is 59.5 Å². The van der Waals surface area contributed by atoms with E-state index in [1.54, 1.807) is 53.0 Å². The van der Waals surface area contributed by atoms with Crippen molar-refractivity contribution in [3.05, 3.63) is 77.4 Å². The maximum absolute atomic E-state index is 13.6. The molecule has 0 aliphatic rings. The van der Waals surface area contributed by atoms with Crippen LogP contribution < -0.4 is 9.04 Å². The Bertz CT molecular complexity index is 1350. The summed E-state index contributed by atoms with van der Waals surface area (Å²) in [5, 5.41) is 4.50. The minimum atomic E-state index is -3.87. The lowest BCUT2D eigenvalue weighted by atomic mass is 10.2. The number of nitrogens with zero attached hydrogens (tertiary/aromatic N) is 5. The van der Waals surface area contributed by atoms with E-state index in [0.717, 1.165) is 17.0 Å². The molecule has 0 aliphatic carbocycles. The quantitative estimate of drug-likeness (QED) is 0.424. The monoisotopic (exact) mass is 451 g/mol. The molecule has 0 radical (unpaired) electrons. The van der Waals surface area contributed by atoms with E-state index in [2.05, 4.69) is 15.1 Å². The van der Waals surface area contributed by atoms with Gasteiger partial charge in [0, 0.05) is 11.4 Å². The van der Waals surface area contributed by atoms with Gasteiger partial charge in [0.2, 0.25) is 0 Å². The Morgan fingerprint density at radius 3 is 2.31 bits per heavy atom. The van der Waals surface area contributed by atoms with E-state index < -0.39 is 10.0 Å². The summed E-state index contributed by atoms with van der Waals surface area (Å²) in [7, 11) is -3.87. The van der Waals surface area contributed by atoms with Crippen molar-refractivity contribution in [3.63, 3.8) is 0 Å². The lowest BCUT2D eigenvalue weighted by Crippen LogP contribution is -2.31. The first-order valence-corrected chi connectivity index (χ1v) is 11.7. The molecule has 0 amide bonds. The third kappa shape index (κ3) is 4.29. The highest BCUT2D eigenvalue weighted by Crippen LogP contribution is 2.27. The molecular weight excluding hydrogens is 426 g/mol. The van der Waals surface area contributed by atoms with Crippen molar-refractivity contribution in [2.45, 2.75) is 39.1 Å². The Balaban J connectivity index is 1.78. The number of sulfonamides is 1. The van der Waals surface area contributed by atoms with Crippen molar-refractivity contribution in [1.82, 2.24) is 19.6 Å². The molecule has 166 valence electrons. The number of fused-ring (bicyclic) bond motifs is 1. The molecule has 0 N–H and O–H groups in total. The number of aryl methyl sites for hydroxylation is 3. The second kappa shape index (κ2) is 8.58. The van der Waals surface area contributed by atoms with Gasteiger partial charge < -0.3 is 4.74 Å². The van der Waals surface area contributed by atoms with Gasteiger partial charge in [-0.3, -0.25) is 4.31 Å². The fourth-order valence-electron chi connectivity index (χ4n) is 3.43. The van der Waals surface area contributed by atoms with Crippen molar-refractivity contribution < 1.29 is 13.2 Å². The maximum atomic E-state index is 13.6. The third-order valence-corrected chi connectivity index (χ3v) is 6.78. The summed E-state index contributed by atoms with van der Waals surface area (Å²) in [4.78, 5) is 9.08. The minimum absolute atomic E-state index is 0.0357. The van der Waals surface area contributed by atoms with Crippen molar-refractivity contribution >= 4 is 21.5 Å². The zero-order chi connectivity index (χ0) is 22.9. The molecule has 0 unspecified atom stereocenters. The van der Waals surface area contributed by atoms with Crippen LogP contribution >= 0.6 is 0 Å². The lowest BCUT2D eigenvalue weighted by Gasteiger charge is -2.23. The van der Waals surface area contributed by atoms with Crippen LogP contribution in [0.4, 0.5) is 5.69 Å². The Labute approximate surface area is 187 Å². The highest BCUT2D eigenvalue weighted by atomic mass is 32.2. The number of rotatable bonds is 7. The fourth-order valence-corrected chi connectivity index (χ4v) is 4.85. The van der Waals surface area contributed by atoms with Gasteiger partial charge in [-0.2, -0.15) is 4.98 Å². The van der Waals surface area contributed by atoms with Gasteiger partial charge in [0.15, 0.2) is 5.82 Å². The average Bonchev–Trinajstić information content (AvgIpc) is 3.16. The molecule has 2 heterocycles. The van der Waals surface area contributed by atoms with Crippen LogP contribution in [0.1, 0.15) is 29.7 Å². The van der Waals surface area contributed by atoms with Gasteiger partial charge in [0.1, 0.15) is 5.75 Å². The van der Waals surface area contributed by atoms with Crippen LogP contribution in [0, 0.1) is 20.8 Å². The molecule has 0 saturated heterocycles. The average molecular weight is 452 g/mol. The molecular formula is C23H25N5O3S. The number of ether oxygens (including phenoxy) is 1. The predicted molar refractivity (Wildman–Crippen MR) is 122 cm³/mol. The number of aromatic nitrogens is 4. The molecule has 32 heavy (non-hydrogen) atoms. The van der Waals surface area contributed by atoms with Crippen LogP contribution in [0.25, 0.3) is 5.78 Å². The van der Waals surface area contributed by atoms with E-state index >= 15 is 0 Å². The first-order valence-electron chi connectivity index (χ1n) is 10.3. The first-order chi connectivity index (χ1) is 15.3. The lowest BCUT2D eigenvalue weighted by molar-refractivity contribution is 0.340. The van der Waals surface area contributed by atoms with E-state index in [-0.39, 0.29) is 11.4 Å². The Kier molecular flexibility index (Phi) is 5.84. The van der Waals surface area contributed by atoms with Crippen LogP contribution in [0.3, 0.4) is 0 Å². The van der Waals surface area contributed by atoms with Gasteiger partial charge in [-0.25, -0.2) is 17.9 Å². The molecule has 2 aromatic carbocycles. The summed E-state index contributed by atoms with van der Waals surface area (Å²) < 4.78 is 35.7. The van der Waals surface area contributed by atoms with E-state index in [1.165, 1.54) is 4.31 Å². The second-order valence-corrected chi connectivity index (χ2v) is 9.39. The van der Waals surface area contributed by atoms with Crippen molar-refractivity contribution in [2.24, 2.45) is 0 Å². The van der Waals surface area contributed by atoms with E-state index in [0.29, 0.717) is 29.6 Å². The molecule has 4 rings (SSSR count). The summed E-state index contributed by atoms with van der Waals surface area (Å²) in [5.41, 5.74) is 3.18. The standard InChI is InChI=1S/C23H25N5O3S/c1-5-31-20-10-8-19(9-11-20)27(32(29,30)21-12-6-16(2)7-13-21)15-22-25-23-24-17(3)14-18(4)28(23)26-22/h6-14H,5,15H2,1-4H3. The Morgan fingerprint density at radius 1 is 0.969 bits per heavy atom. The molecule has 4 aromatic rings. The smallest absolute Gasteiger partial charge is 0.264 e. The van der Waals surface area contributed by atoms with Gasteiger partial charge >= 0.3 is 0 Å². The van der Waals surface area contributed by atoms with Crippen molar-refractivity contribution in [3.8, 4) is 5.75 Å². The van der Waals surface area contributed by atoms with Crippen LogP contribution in [-0.2, 0) is 16.6 Å². The van der Waals surface area contributed by atoms with Gasteiger partial charge in [-0.1, -0.05) is 17.7 Å². The van der Waals surface area contributed by atoms with Gasteiger partial charge in [-0.15, -0.1) is 5.10 Å². The third-order valence-electron chi connectivity index (χ3n) is 4.99. The summed E-state index contributed by atoms with van der Waals surface area (Å²) in [5.74, 6) is 1.47.